The molecule has 0 aliphatic carbocycles. The summed E-state index contributed by atoms with van der Waals surface area (Å²) in [5.74, 6) is 2.53. The lowest BCUT2D eigenvalue weighted by Crippen LogP contribution is -2.18. The quantitative estimate of drug-likeness (QED) is 0.521. The molecule has 2 aromatic carbocycles. The van der Waals surface area contributed by atoms with E-state index in [-0.39, 0.29) is 5.91 Å². The number of thioether (sulfide) groups is 1. The van der Waals surface area contributed by atoms with Gasteiger partial charge in [-0.2, -0.15) is 16.8 Å². The summed E-state index contributed by atoms with van der Waals surface area (Å²) >= 11 is 3.20. The van der Waals surface area contributed by atoms with Crippen molar-refractivity contribution in [3.05, 3.63) is 40.7 Å². The summed E-state index contributed by atoms with van der Waals surface area (Å²) in [6.45, 7) is 0.732. The van der Waals surface area contributed by atoms with Gasteiger partial charge in [0.2, 0.25) is 5.75 Å². The van der Waals surface area contributed by atoms with Gasteiger partial charge in [0.05, 0.1) is 38.7 Å². The summed E-state index contributed by atoms with van der Waals surface area (Å²) in [5.41, 5.74) is 1.35. The van der Waals surface area contributed by atoms with Crippen molar-refractivity contribution in [2.75, 3.05) is 40.4 Å². The molecule has 9 heteroatoms. The van der Waals surface area contributed by atoms with E-state index < -0.39 is 0 Å². The summed E-state index contributed by atoms with van der Waals surface area (Å²) < 4.78 is 24.5. The highest BCUT2D eigenvalue weighted by Crippen LogP contribution is 2.38. The molecule has 1 aromatic heterocycles. The normalized spacial score (nSPS) is 11.6. The standard InChI is InChI=1S/C21H24N2O5S2/c1-25-14-6-7-18-15(12-14)23(8-9-29-5)21(30-18)22-20(24)13-10-16(26-2)19(28-4)17(11-13)27-3/h6-7,10-12H,8-9H2,1-5H3. The number of hydrogen-bond acceptors (Lipinski definition) is 7. The van der Waals surface area contributed by atoms with Gasteiger partial charge in [-0.05, 0) is 30.5 Å². The third kappa shape index (κ3) is 4.41. The Bertz CT molecular complexity index is 1100. The Kier molecular flexibility index (Phi) is 7.28. The van der Waals surface area contributed by atoms with E-state index in [1.807, 2.05) is 24.5 Å². The van der Waals surface area contributed by atoms with Crippen molar-refractivity contribution in [3.8, 4) is 23.0 Å². The van der Waals surface area contributed by atoms with Crippen LogP contribution in [0.15, 0.2) is 35.3 Å². The van der Waals surface area contributed by atoms with Crippen molar-refractivity contribution in [2.24, 2.45) is 4.99 Å². The van der Waals surface area contributed by atoms with Crippen LogP contribution < -0.4 is 23.7 Å². The molecular formula is C21H24N2O5S2. The molecular weight excluding hydrogens is 424 g/mol. The number of aryl methyl sites for hydroxylation is 1. The monoisotopic (exact) mass is 448 g/mol. The molecule has 1 heterocycles. The van der Waals surface area contributed by atoms with Crippen LogP contribution in [-0.2, 0) is 6.54 Å². The summed E-state index contributed by atoms with van der Waals surface area (Å²) in [7, 11) is 6.18. The van der Waals surface area contributed by atoms with E-state index in [0.29, 0.717) is 27.6 Å². The molecule has 160 valence electrons. The molecule has 0 spiro atoms. The largest absolute Gasteiger partial charge is 0.497 e. The Morgan fingerprint density at radius 3 is 2.30 bits per heavy atom. The highest BCUT2D eigenvalue weighted by molar-refractivity contribution is 7.98. The molecule has 3 aromatic rings. The lowest BCUT2D eigenvalue weighted by Gasteiger charge is -2.12. The molecule has 0 aliphatic rings. The molecule has 0 saturated heterocycles. The molecule has 0 N–H and O–H groups in total. The van der Waals surface area contributed by atoms with Gasteiger partial charge in [-0.1, -0.05) is 11.3 Å². The maximum atomic E-state index is 13.0. The Labute approximate surface area is 183 Å². The van der Waals surface area contributed by atoms with Gasteiger partial charge in [-0.15, -0.1) is 0 Å². The molecule has 0 unspecified atom stereocenters. The minimum absolute atomic E-state index is 0.357. The Hall–Kier alpha value is -2.65. The van der Waals surface area contributed by atoms with Crippen LogP contribution in [0.25, 0.3) is 10.2 Å². The van der Waals surface area contributed by atoms with Gasteiger partial charge in [0.1, 0.15) is 5.75 Å². The van der Waals surface area contributed by atoms with E-state index in [1.165, 1.54) is 32.7 Å². The highest BCUT2D eigenvalue weighted by Gasteiger charge is 2.17. The van der Waals surface area contributed by atoms with Crippen LogP contribution >= 0.6 is 23.1 Å². The minimum Gasteiger partial charge on any atom is -0.497 e. The van der Waals surface area contributed by atoms with Crippen molar-refractivity contribution in [2.45, 2.75) is 6.54 Å². The van der Waals surface area contributed by atoms with Gasteiger partial charge in [-0.25, -0.2) is 0 Å². The van der Waals surface area contributed by atoms with E-state index in [9.17, 15) is 4.79 Å². The zero-order chi connectivity index (χ0) is 21.7. The molecule has 0 saturated carbocycles. The number of carbonyl (C=O) groups excluding carboxylic acids is 1. The number of benzene rings is 2. The van der Waals surface area contributed by atoms with E-state index >= 15 is 0 Å². The van der Waals surface area contributed by atoms with Crippen LogP contribution in [0.4, 0.5) is 0 Å². The van der Waals surface area contributed by atoms with Crippen molar-refractivity contribution in [1.29, 1.82) is 0 Å². The van der Waals surface area contributed by atoms with Crippen LogP contribution in [0.3, 0.4) is 0 Å². The fraction of sp³-hybridized carbons (Fsp3) is 0.333. The van der Waals surface area contributed by atoms with E-state index in [1.54, 1.807) is 31.0 Å². The first-order valence-corrected chi connectivity index (χ1v) is 11.3. The second-order valence-corrected chi connectivity index (χ2v) is 8.19. The first-order chi connectivity index (χ1) is 14.6. The maximum Gasteiger partial charge on any atom is 0.279 e. The predicted octanol–water partition coefficient (Wildman–Crippen LogP) is 3.84. The molecule has 3 rings (SSSR count). The minimum atomic E-state index is -0.384. The third-order valence-corrected chi connectivity index (χ3v) is 6.17. The fourth-order valence-corrected chi connectivity index (χ4v) is 4.42. The second kappa shape index (κ2) is 9.90. The average Bonchev–Trinajstić information content (AvgIpc) is 3.12. The topological polar surface area (TPSA) is 71.3 Å². The van der Waals surface area contributed by atoms with E-state index in [2.05, 4.69) is 9.56 Å². The summed E-state index contributed by atoms with van der Waals surface area (Å²) in [5, 5.41) is 0. The number of thiazole rings is 1. The number of amides is 1. The second-order valence-electron chi connectivity index (χ2n) is 6.19. The highest BCUT2D eigenvalue weighted by atomic mass is 32.2. The van der Waals surface area contributed by atoms with Crippen molar-refractivity contribution in [3.63, 3.8) is 0 Å². The Balaban J connectivity index is 2.13. The molecule has 0 atom stereocenters. The Morgan fingerprint density at radius 1 is 1.03 bits per heavy atom. The summed E-state index contributed by atoms with van der Waals surface area (Å²) in [6, 6.07) is 9.07. The van der Waals surface area contributed by atoms with Gasteiger partial charge in [0, 0.05) is 23.9 Å². The zero-order valence-electron chi connectivity index (χ0n) is 17.6. The first kappa shape index (κ1) is 22.0. The molecule has 7 nitrogen and oxygen atoms in total. The summed E-state index contributed by atoms with van der Waals surface area (Å²) in [6.07, 6.45) is 2.05. The molecule has 0 fully saturated rings. The van der Waals surface area contributed by atoms with Gasteiger partial charge in [0.25, 0.3) is 5.91 Å². The molecule has 0 bridgehead atoms. The lowest BCUT2D eigenvalue weighted by molar-refractivity contribution is 0.0997. The van der Waals surface area contributed by atoms with Crippen LogP contribution in [0, 0.1) is 0 Å². The van der Waals surface area contributed by atoms with Gasteiger partial charge in [-0.3, -0.25) is 4.79 Å². The number of fused-ring (bicyclic) bond motifs is 1. The Morgan fingerprint density at radius 2 is 1.73 bits per heavy atom. The lowest BCUT2D eigenvalue weighted by atomic mass is 10.1. The SMILES string of the molecule is COc1ccc2sc(=NC(=O)c3cc(OC)c(OC)c(OC)c3)n(CCSC)c2c1. The zero-order valence-corrected chi connectivity index (χ0v) is 19.2. The maximum absolute atomic E-state index is 13.0. The number of nitrogens with zero attached hydrogens (tertiary/aromatic N) is 2. The first-order valence-electron chi connectivity index (χ1n) is 9.11. The smallest absolute Gasteiger partial charge is 0.279 e. The molecule has 30 heavy (non-hydrogen) atoms. The summed E-state index contributed by atoms with van der Waals surface area (Å²) in [4.78, 5) is 18.1. The van der Waals surface area contributed by atoms with Crippen molar-refractivity contribution < 1.29 is 23.7 Å². The molecule has 0 radical (unpaired) electrons. The van der Waals surface area contributed by atoms with Gasteiger partial charge < -0.3 is 23.5 Å². The number of carbonyl (C=O) groups is 1. The third-order valence-electron chi connectivity index (χ3n) is 4.52. The van der Waals surface area contributed by atoms with Crippen LogP contribution in [0.1, 0.15) is 10.4 Å². The number of aromatic nitrogens is 1. The van der Waals surface area contributed by atoms with E-state index in [4.69, 9.17) is 18.9 Å². The van der Waals surface area contributed by atoms with Crippen LogP contribution in [0.5, 0.6) is 23.0 Å². The van der Waals surface area contributed by atoms with Gasteiger partial charge in [0.15, 0.2) is 16.3 Å². The van der Waals surface area contributed by atoms with Crippen LogP contribution in [0.2, 0.25) is 0 Å². The fourth-order valence-electron chi connectivity index (χ4n) is 3.02. The van der Waals surface area contributed by atoms with Crippen molar-refractivity contribution >= 4 is 39.2 Å². The van der Waals surface area contributed by atoms with Crippen LogP contribution in [-0.4, -0.2) is 50.9 Å². The van der Waals surface area contributed by atoms with Gasteiger partial charge >= 0.3 is 0 Å². The number of methoxy groups -OCH3 is 4. The average molecular weight is 449 g/mol. The number of rotatable bonds is 8. The molecule has 0 aliphatic heterocycles. The number of hydrogen-bond donors (Lipinski definition) is 0. The number of ether oxygens (including phenoxy) is 4. The molecule has 1 amide bonds. The predicted molar refractivity (Wildman–Crippen MR) is 121 cm³/mol. The van der Waals surface area contributed by atoms with Crippen molar-refractivity contribution in [1.82, 2.24) is 4.57 Å². The van der Waals surface area contributed by atoms with E-state index in [0.717, 1.165) is 28.3 Å².